The van der Waals surface area contributed by atoms with Crippen LogP contribution in [0.5, 0.6) is 0 Å². The molecule has 29 heavy (non-hydrogen) atoms. The molecule has 0 bridgehead atoms. The molecule has 9 heteroatoms. The fourth-order valence-electron chi connectivity index (χ4n) is 3.71. The standard InChI is InChI=1S/C20H22N4O4S/c1-21-18-9-8-16(14-17(18)19(25)22(2)20(21)26)29(27,28)24-12-10-23(11-13-24)15-6-4-3-5-7-15/h3-9,14H,10-13H2,1-2H3. The van der Waals surface area contributed by atoms with E-state index in [1.54, 1.807) is 7.05 Å². The van der Waals surface area contributed by atoms with Gasteiger partial charge in [-0.15, -0.1) is 0 Å². The molecule has 4 rings (SSSR count). The molecule has 0 radical (unpaired) electrons. The van der Waals surface area contributed by atoms with E-state index in [1.807, 2.05) is 30.3 Å². The van der Waals surface area contributed by atoms with Crippen LogP contribution in [0.4, 0.5) is 5.69 Å². The minimum absolute atomic E-state index is 0.0638. The molecule has 0 atom stereocenters. The number of nitrogens with zero attached hydrogens (tertiary/aromatic N) is 4. The van der Waals surface area contributed by atoms with E-state index in [0.717, 1.165) is 10.3 Å². The highest BCUT2D eigenvalue weighted by molar-refractivity contribution is 7.89. The van der Waals surface area contributed by atoms with Crippen LogP contribution >= 0.6 is 0 Å². The van der Waals surface area contributed by atoms with Crippen molar-refractivity contribution in [1.29, 1.82) is 0 Å². The zero-order valence-electron chi connectivity index (χ0n) is 16.3. The summed E-state index contributed by atoms with van der Waals surface area (Å²) in [5.74, 6) is 0. The normalized spacial score (nSPS) is 15.7. The van der Waals surface area contributed by atoms with Gasteiger partial charge in [0.15, 0.2) is 0 Å². The van der Waals surface area contributed by atoms with Crippen LogP contribution in [-0.2, 0) is 24.1 Å². The van der Waals surface area contributed by atoms with E-state index in [1.165, 1.54) is 34.1 Å². The maximum Gasteiger partial charge on any atom is 0.330 e. The third kappa shape index (κ3) is 3.26. The maximum absolute atomic E-state index is 13.2. The summed E-state index contributed by atoms with van der Waals surface area (Å²) < 4.78 is 30.1. The van der Waals surface area contributed by atoms with Crippen LogP contribution < -0.4 is 16.1 Å². The lowest BCUT2D eigenvalue weighted by Crippen LogP contribution is -2.48. The molecule has 0 saturated carbocycles. The maximum atomic E-state index is 13.2. The predicted molar refractivity (Wildman–Crippen MR) is 112 cm³/mol. The lowest BCUT2D eigenvalue weighted by molar-refractivity contribution is 0.385. The molecule has 0 aliphatic carbocycles. The second-order valence-electron chi connectivity index (χ2n) is 7.11. The van der Waals surface area contributed by atoms with Crippen molar-refractivity contribution in [3.63, 3.8) is 0 Å². The smallest absolute Gasteiger partial charge is 0.330 e. The third-order valence-corrected chi connectivity index (χ3v) is 7.33. The van der Waals surface area contributed by atoms with E-state index >= 15 is 0 Å². The molecule has 1 aromatic heterocycles. The Balaban J connectivity index is 1.65. The number of fused-ring (bicyclic) bond motifs is 1. The van der Waals surface area contributed by atoms with Gasteiger partial charge in [-0.25, -0.2) is 13.2 Å². The van der Waals surface area contributed by atoms with E-state index in [9.17, 15) is 18.0 Å². The molecule has 1 fully saturated rings. The van der Waals surface area contributed by atoms with Crippen molar-refractivity contribution >= 4 is 26.6 Å². The number of rotatable bonds is 3. The van der Waals surface area contributed by atoms with Crippen LogP contribution in [0.2, 0.25) is 0 Å². The first-order valence-corrected chi connectivity index (χ1v) is 10.7. The summed E-state index contributed by atoms with van der Waals surface area (Å²) in [5.41, 5.74) is 0.523. The van der Waals surface area contributed by atoms with E-state index in [2.05, 4.69) is 4.90 Å². The Kier molecular flexibility index (Phi) is 4.79. The van der Waals surface area contributed by atoms with Crippen molar-refractivity contribution in [2.24, 2.45) is 14.1 Å². The van der Waals surface area contributed by atoms with Crippen LogP contribution in [0, 0.1) is 0 Å². The molecule has 0 N–H and O–H groups in total. The summed E-state index contributed by atoms with van der Waals surface area (Å²) in [7, 11) is -0.801. The zero-order chi connectivity index (χ0) is 20.8. The SMILES string of the molecule is Cn1c(=O)c2cc(S(=O)(=O)N3CCN(c4ccccc4)CC3)ccc2n(C)c1=O. The Morgan fingerprint density at radius 1 is 0.828 bits per heavy atom. The molecule has 8 nitrogen and oxygen atoms in total. The third-order valence-electron chi connectivity index (χ3n) is 5.44. The van der Waals surface area contributed by atoms with E-state index in [4.69, 9.17) is 0 Å². The van der Waals surface area contributed by atoms with Crippen molar-refractivity contribution in [2.45, 2.75) is 4.90 Å². The van der Waals surface area contributed by atoms with Crippen LogP contribution in [0.25, 0.3) is 10.9 Å². The molecule has 2 heterocycles. The number of aromatic nitrogens is 2. The Morgan fingerprint density at radius 2 is 1.48 bits per heavy atom. The van der Waals surface area contributed by atoms with Crippen molar-refractivity contribution in [3.8, 4) is 0 Å². The van der Waals surface area contributed by atoms with Crippen LogP contribution in [0.15, 0.2) is 63.0 Å². The minimum atomic E-state index is -3.74. The van der Waals surface area contributed by atoms with Gasteiger partial charge in [-0.1, -0.05) is 18.2 Å². The Labute approximate surface area is 168 Å². The van der Waals surface area contributed by atoms with Gasteiger partial charge in [-0.2, -0.15) is 4.31 Å². The topological polar surface area (TPSA) is 84.6 Å². The first-order chi connectivity index (χ1) is 13.8. The highest BCUT2D eigenvalue weighted by Gasteiger charge is 2.29. The van der Waals surface area contributed by atoms with Crippen LogP contribution in [0.3, 0.4) is 0 Å². The Morgan fingerprint density at radius 3 is 2.14 bits per heavy atom. The highest BCUT2D eigenvalue weighted by atomic mass is 32.2. The van der Waals surface area contributed by atoms with Gasteiger partial charge in [-0.3, -0.25) is 13.9 Å². The molecule has 2 aromatic carbocycles. The number of anilines is 1. The molecule has 1 saturated heterocycles. The number of aryl methyl sites for hydroxylation is 1. The first kappa shape index (κ1) is 19.4. The molecule has 1 aliphatic rings. The molecule has 152 valence electrons. The van der Waals surface area contributed by atoms with E-state index in [0.29, 0.717) is 31.7 Å². The fraction of sp³-hybridized carbons (Fsp3) is 0.300. The largest absolute Gasteiger partial charge is 0.369 e. The minimum Gasteiger partial charge on any atom is -0.369 e. The second kappa shape index (κ2) is 7.16. The monoisotopic (exact) mass is 414 g/mol. The number of hydrogen-bond donors (Lipinski definition) is 0. The van der Waals surface area contributed by atoms with Crippen molar-refractivity contribution in [2.75, 3.05) is 31.1 Å². The first-order valence-electron chi connectivity index (χ1n) is 9.30. The summed E-state index contributed by atoms with van der Waals surface area (Å²) in [4.78, 5) is 26.8. The van der Waals surface area contributed by atoms with Crippen molar-refractivity contribution < 1.29 is 8.42 Å². The molecular weight excluding hydrogens is 392 g/mol. The molecule has 3 aromatic rings. The Bertz CT molecular complexity index is 1290. The molecule has 1 aliphatic heterocycles. The number of piperazine rings is 1. The van der Waals surface area contributed by atoms with E-state index in [-0.39, 0.29) is 10.3 Å². The van der Waals surface area contributed by atoms with Gasteiger partial charge in [-0.05, 0) is 30.3 Å². The van der Waals surface area contributed by atoms with Gasteiger partial charge in [0.25, 0.3) is 5.56 Å². The van der Waals surface area contributed by atoms with Crippen molar-refractivity contribution in [3.05, 3.63) is 69.4 Å². The van der Waals surface area contributed by atoms with Gasteiger partial charge in [0.1, 0.15) is 0 Å². The van der Waals surface area contributed by atoms with Gasteiger partial charge in [0, 0.05) is 46.0 Å². The fourth-order valence-corrected chi connectivity index (χ4v) is 5.16. The van der Waals surface area contributed by atoms with Crippen molar-refractivity contribution in [1.82, 2.24) is 13.4 Å². The summed E-state index contributed by atoms with van der Waals surface area (Å²) in [6, 6.07) is 14.2. The summed E-state index contributed by atoms with van der Waals surface area (Å²) >= 11 is 0. The second-order valence-corrected chi connectivity index (χ2v) is 9.05. The Hall–Kier alpha value is -2.91. The van der Waals surface area contributed by atoms with E-state index < -0.39 is 21.3 Å². The number of sulfonamides is 1. The summed E-state index contributed by atoms with van der Waals surface area (Å²) in [6.45, 7) is 1.90. The molecule has 0 unspecified atom stereocenters. The highest BCUT2D eigenvalue weighted by Crippen LogP contribution is 2.22. The lowest BCUT2D eigenvalue weighted by Gasteiger charge is -2.35. The summed E-state index contributed by atoms with van der Waals surface area (Å²) in [5, 5.41) is 0.207. The van der Waals surface area contributed by atoms with Crippen LogP contribution in [-0.4, -0.2) is 48.0 Å². The molecule has 0 spiro atoms. The predicted octanol–water partition coefficient (Wildman–Crippen LogP) is 0.748. The molecular formula is C20H22N4O4S. The molecule has 0 amide bonds. The summed E-state index contributed by atoms with van der Waals surface area (Å²) in [6.07, 6.45) is 0. The lowest BCUT2D eigenvalue weighted by atomic mass is 10.2. The zero-order valence-corrected chi connectivity index (χ0v) is 17.1. The van der Waals surface area contributed by atoms with Crippen LogP contribution in [0.1, 0.15) is 0 Å². The van der Waals surface area contributed by atoms with Gasteiger partial charge in [0.05, 0.1) is 15.8 Å². The van der Waals surface area contributed by atoms with Gasteiger partial charge in [0.2, 0.25) is 10.0 Å². The van der Waals surface area contributed by atoms with Gasteiger partial charge < -0.3 is 4.90 Å². The number of benzene rings is 2. The average Bonchev–Trinajstić information content (AvgIpc) is 2.76. The quantitative estimate of drug-likeness (QED) is 0.631. The van der Waals surface area contributed by atoms with Gasteiger partial charge >= 0.3 is 5.69 Å². The average molecular weight is 414 g/mol. The number of hydrogen-bond acceptors (Lipinski definition) is 5. The number of para-hydroxylation sites is 1.